The maximum absolute atomic E-state index is 12.7. The second-order valence-corrected chi connectivity index (χ2v) is 7.77. The molecule has 0 aliphatic rings. The van der Waals surface area contributed by atoms with Crippen molar-refractivity contribution in [2.24, 2.45) is 0 Å². The van der Waals surface area contributed by atoms with Crippen molar-refractivity contribution in [3.63, 3.8) is 0 Å². The molecule has 1 N–H and O–H groups in total. The van der Waals surface area contributed by atoms with Crippen LogP contribution < -0.4 is 10.1 Å². The van der Waals surface area contributed by atoms with Crippen LogP contribution in [0, 0.1) is 24.0 Å². The number of rotatable bonds is 7. The Morgan fingerprint density at radius 1 is 1.12 bits per heavy atom. The van der Waals surface area contributed by atoms with E-state index >= 15 is 0 Å². The summed E-state index contributed by atoms with van der Waals surface area (Å²) in [6.07, 6.45) is 0. The molecule has 1 amide bonds. The van der Waals surface area contributed by atoms with Crippen LogP contribution in [-0.2, 0) is 6.54 Å². The third-order valence-electron chi connectivity index (χ3n) is 4.70. The summed E-state index contributed by atoms with van der Waals surface area (Å²) in [6, 6.07) is 15.7. The zero-order valence-electron chi connectivity index (χ0n) is 17.7. The van der Waals surface area contributed by atoms with Crippen LogP contribution in [0.15, 0.2) is 65.1 Å². The molecule has 9 nitrogen and oxygen atoms in total. The molecule has 0 fully saturated rings. The predicted molar refractivity (Wildman–Crippen MR) is 122 cm³/mol. The van der Waals surface area contributed by atoms with Gasteiger partial charge >= 0.3 is 0 Å². The number of furan rings is 1. The summed E-state index contributed by atoms with van der Waals surface area (Å²) in [4.78, 5) is 23.5. The van der Waals surface area contributed by atoms with Crippen LogP contribution >= 0.6 is 11.6 Å². The van der Waals surface area contributed by atoms with E-state index < -0.39 is 10.8 Å². The van der Waals surface area contributed by atoms with E-state index in [4.69, 9.17) is 20.8 Å². The van der Waals surface area contributed by atoms with Crippen LogP contribution in [0.25, 0.3) is 0 Å². The summed E-state index contributed by atoms with van der Waals surface area (Å²) in [5.41, 5.74) is 1.81. The van der Waals surface area contributed by atoms with E-state index in [1.54, 1.807) is 41.1 Å². The molecular weight excluding hydrogens is 448 g/mol. The highest BCUT2D eigenvalue weighted by Gasteiger charge is 2.17. The third kappa shape index (κ3) is 5.39. The van der Waals surface area contributed by atoms with Gasteiger partial charge in [0.25, 0.3) is 11.6 Å². The zero-order chi connectivity index (χ0) is 23.5. The molecule has 0 unspecified atom stereocenters. The van der Waals surface area contributed by atoms with Gasteiger partial charge in [0.1, 0.15) is 17.3 Å². The SMILES string of the molecule is Cc1cc(C)n(Cc2ccc(C(=O)Nc3cc(Oc4ccc(Cl)cc4)cc([N+](=O)[O-])c3)o2)n1. The van der Waals surface area contributed by atoms with Gasteiger partial charge in [-0.3, -0.25) is 19.6 Å². The number of nitro benzene ring substituents is 1. The van der Waals surface area contributed by atoms with E-state index in [1.165, 1.54) is 18.2 Å². The number of carbonyl (C=O) groups excluding carboxylic acids is 1. The van der Waals surface area contributed by atoms with Crippen molar-refractivity contribution in [3.8, 4) is 11.5 Å². The van der Waals surface area contributed by atoms with Gasteiger partial charge in [-0.25, -0.2) is 0 Å². The number of benzene rings is 2. The normalized spacial score (nSPS) is 10.8. The van der Waals surface area contributed by atoms with Crippen molar-refractivity contribution < 1.29 is 18.9 Å². The molecule has 0 saturated heterocycles. The number of anilines is 1. The fourth-order valence-corrected chi connectivity index (χ4v) is 3.34. The van der Waals surface area contributed by atoms with Gasteiger partial charge in [-0.15, -0.1) is 0 Å². The van der Waals surface area contributed by atoms with Crippen LogP contribution in [0.2, 0.25) is 5.02 Å². The minimum atomic E-state index is -0.566. The topological polar surface area (TPSA) is 112 Å². The van der Waals surface area contributed by atoms with E-state index in [1.807, 2.05) is 19.9 Å². The lowest BCUT2D eigenvalue weighted by Gasteiger charge is -2.09. The lowest BCUT2D eigenvalue weighted by molar-refractivity contribution is -0.384. The fourth-order valence-electron chi connectivity index (χ4n) is 3.22. The number of nitrogens with one attached hydrogen (secondary N) is 1. The van der Waals surface area contributed by atoms with Crippen molar-refractivity contribution in [1.82, 2.24) is 9.78 Å². The summed E-state index contributed by atoms with van der Waals surface area (Å²) in [6.45, 7) is 4.21. The Morgan fingerprint density at radius 2 is 1.88 bits per heavy atom. The third-order valence-corrected chi connectivity index (χ3v) is 4.96. The van der Waals surface area contributed by atoms with Crippen molar-refractivity contribution >= 4 is 28.9 Å². The minimum absolute atomic E-state index is 0.0678. The Balaban J connectivity index is 1.51. The fraction of sp³-hybridized carbons (Fsp3) is 0.130. The van der Waals surface area contributed by atoms with Crippen molar-refractivity contribution in [3.05, 3.63) is 98.7 Å². The molecule has 0 atom stereocenters. The predicted octanol–water partition coefficient (Wildman–Crippen LogP) is 5.75. The molecule has 0 aliphatic carbocycles. The highest BCUT2D eigenvalue weighted by molar-refractivity contribution is 6.30. The molecule has 10 heteroatoms. The van der Waals surface area contributed by atoms with Crippen LogP contribution in [0.4, 0.5) is 11.4 Å². The van der Waals surface area contributed by atoms with Gasteiger partial charge in [0.15, 0.2) is 5.76 Å². The Hall–Kier alpha value is -4.11. The second kappa shape index (κ2) is 9.17. The first-order chi connectivity index (χ1) is 15.8. The number of aromatic nitrogens is 2. The summed E-state index contributed by atoms with van der Waals surface area (Å²) in [7, 11) is 0. The Kier molecular flexibility index (Phi) is 6.14. The molecule has 0 spiro atoms. The van der Waals surface area contributed by atoms with Gasteiger partial charge in [0.2, 0.25) is 0 Å². The monoisotopic (exact) mass is 466 g/mol. The van der Waals surface area contributed by atoms with Crippen LogP contribution in [0.1, 0.15) is 27.7 Å². The molecule has 0 radical (unpaired) electrons. The maximum atomic E-state index is 12.7. The van der Waals surface area contributed by atoms with Crippen molar-refractivity contribution in [2.75, 3.05) is 5.32 Å². The van der Waals surface area contributed by atoms with E-state index in [0.717, 1.165) is 11.4 Å². The van der Waals surface area contributed by atoms with E-state index in [9.17, 15) is 14.9 Å². The standard InChI is InChI=1S/C23H19ClN4O5/c1-14-9-15(2)27(26-14)13-20-7-8-22(33-20)23(29)25-17-10-18(28(30)31)12-21(11-17)32-19-5-3-16(24)4-6-19/h3-12H,13H2,1-2H3,(H,25,29). The number of hydrogen-bond donors (Lipinski definition) is 1. The molecule has 2 heterocycles. The Labute approximate surface area is 193 Å². The van der Waals surface area contributed by atoms with Gasteiger partial charge in [-0.2, -0.15) is 5.10 Å². The quantitative estimate of drug-likeness (QED) is 0.274. The Bertz CT molecular complexity index is 1330. The molecule has 168 valence electrons. The summed E-state index contributed by atoms with van der Waals surface area (Å²) in [5.74, 6) is 0.700. The number of carbonyl (C=O) groups is 1. The average Bonchev–Trinajstić information content (AvgIpc) is 3.35. The lowest BCUT2D eigenvalue weighted by Crippen LogP contribution is -2.11. The first-order valence-corrected chi connectivity index (χ1v) is 10.3. The molecule has 4 aromatic rings. The highest BCUT2D eigenvalue weighted by atomic mass is 35.5. The van der Waals surface area contributed by atoms with Gasteiger partial charge in [-0.05, 0) is 56.3 Å². The number of amides is 1. The molecule has 2 aromatic carbocycles. The molecule has 2 aromatic heterocycles. The summed E-state index contributed by atoms with van der Waals surface area (Å²) in [5, 5.41) is 18.9. The summed E-state index contributed by atoms with van der Waals surface area (Å²) >= 11 is 5.87. The van der Waals surface area contributed by atoms with Gasteiger partial charge in [-0.1, -0.05) is 11.6 Å². The van der Waals surface area contributed by atoms with Crippen LogP contribution in [-0.4, -0.2) is 20.6 Å². The molecule has 0 bridgehead atoms. The molecule has 0 aliphatic heterocycles. The number of hydrogen-bond acceptors (Lipinski definition) is 6. The first-order valence-electron chi connectivity index (χ1n) is 9.91. The van der Waals surface area contributed by atoms with Crippen molar-refractivity contribution in [2.45, 2.75) is 20.4 Å². The zero-order valence-corrected chi connectivity index (χ0v) is 18.5. The number of nitro groups is 1. The smallest absolute Gasteiger partial charge is 0.291 e. The summed E-state index contributed by atoms with van der Waals surface area (Å²) < 4.78 is 13.1. The van der Waals surface area contributed by atoms with Gasteiger partial charge in [0.05, 0.1) is 28.9 Å². The molecule has 33 heavy (non-hydrogen) atoms. The average molecular weight is 467 g/mol. The first kappa shape index (κ1) is 22.1. The number of aryl methyl sites for hydroxylation is 2. The molecular formula is C23H19ClN4O5. The highest BCUT2D eigenvalue weighted by Crippen LogP contribution is 2.30. The lowest BCUT2D eigenvalue weighted by atomic mass is 10.2. The molecule has 4 rings (SSSR count). The Morgan fingerprint density at radius 3 is 2.55 bits per heavy atom. The minimum Gasteiger partial charge on any atom is -0.457 e. The second-order valence-electron chi connectivity index (χ2n) is 7.33. The van der Waals surface area contributed by atoms with E-state index in [-0.39, 0.29) is 22.9 Å². The van der Waals surface area contributed by atoms with Crippen LogP contribution in [0.3, 0.4) is 0 Å². The van der Waals surface area contributed by atoms with Crippen molar-refractivity contribution in [1.29, 1.82) is 0 Å². The number of ether oxygens (including phenoxy) is 1. The van der Waals surface area contributed by atoms with Gasteiger partial charge < -0.3 is 14.5 Å². The van der Waals surface area contributed by atoms with E-state index in [0.29, 0.717) is 23.1 Å². The largest absolute Gasteiger partial charge is 0.457 e. The number of non-ortho nitro benzene ring substituents is 1. The number of nitrogens with zero attached hydrogens (tertiary/aromatic N) is 3. The maximum Gasteiger partial charge on any atom is 0.291 e. The van der Waals surface area contributed by atoms with Gasteiger partial charge in [0, 0.05) is 22.8 Å². The van der Waals surface area contributed by atoms with Crippen LogP contribution in [0.5, 0.6) is 11.5 Å². The molecule has 0 saturated carbocycles. The van der Waals surface area contributed by atoms with E-state index in [2.05, 4.69) is 10.4 Å². The number of halogens is 1.